The van der Waals surface area contributed by atoms with Crippen molar-refractivity contribution < 1.29 is 19.1 Å². The molecule has 0 aromatic heterocycles. The second kappa shape index (κ2) is 8.27. The molecule has 3 rings (SSSR count). The van der Waals surface area contributed by atoms with Gasteiger partial charge >= 0.3 is 6.09 Å². The first-order valence-electron chi connectivity index (χ1n) is 9.29. The summed E-state index contributed by atoms with van der Waals surface area (Å²) < 4.78 is 11.1. The standard InChI is InChI=1S/C21H25ClN2O4/c1-21(2,3)28-20(26)24-10-8-23(9-11-24)19(25)7-4-15-12-16-13-17(22)5-6-18(16)27-14-15/h4-7,12-13H,8-11,14H2,1-3H3/b7-4+. The molecule has 150 valence electrons. The number of carbonyl (C=O) groups is 2. The summed E-state index contributed by atoms with van der Waals surface area (Å²) in [5, 5.41) is 0.641. The molecule has 1 aromatic rings. The van der Waals surface area contributed by atoms with Gasteiger partial charge in [0.05, 0.1) is 0 Å². The number of ether oxygens (including phenoxy) is 2. The van der Waals surface area contributed by atoms with Gasteiger partial charge in [-0.25, -0.2) is 4.79 Å². The molecule has 6 nitrogen and oxygen atoms in total. The van der Waals surface area contributed by atoms with E-state index in [4.69, 9.17) is 21.1 Å². The van der Waals surface area contributed by atoms with Crippen LogP contribution in [0.3, 0.4) is 0 Å². The second-order valence-electron chi connectivity index (χ2n) is 7.82. The Bertz CT molecular complexity index is 818. The fraction of sp³-hybridized carbons (Fsp3) is 0.429. The average molecular weight is 405 g/mol. The van der Waals surface area contributed by atoms with Crippen LogP contribution >= 0.6 is 11.6 Å². The number of nitrogens with zero attached hydrogens (tertiary/aromatic N) is 2. The van der Waals surface area contributed by atoms with Crippen molar-refractivity contribution >= 4 is 29.7 Å². The highest BCUT2D eigenvalue weighted by Gasteiger charge is 2.27. The molecule has 0 spiro atoms. The quantitative estimate of drug-likeness (QED) is 0.704. The Labute approximate surface area is 170 Å². The highest BCUT2D eigenvalue weighted by atomic mass is 35.5. The molecule has 1 fully saturated rings. The van der Waals surface area contributed by atoms with E-state index in [1.807, 2.05) is 39.0 Å². The third-order valence-corrected chi connectivity index (χ3v) is 4.63. The third-order valence-electron chi connectivity index (χ3n) is 4.39. The van der Waals surface area contributed by atoms with Crippen molar-refractivity contribution in [3.63, 3.8) is 0 Å². The number of hydrogen-bond donors (Lipinski definition) is 0. The third kappa shape index (κ3) is 5.29. The van der Waals surface area contributed by atoms with Gasteiger partial charge in [-0.1, -0.05) is 17.7 Å². The summed E-state index contributed by atoms with van der Waals surface area (Å²) in [7, 11) is 0. The van der Waals surface area contributed by atoms with Gasteiger partial charge in [0, 0.05) is 42.8 Å². The van der Waals surface area contributed by atoms with E-state index in [9.17, 15) is 9.59 Å². The van der Waals surface area contributed by atoms with Gasteiger partial charge in [-0.2, -0.15) is 0 Å². The molecule has 1 saturated heterocycles. The molecule has 0 aliphatic carbocycles. The molecule has 28 heavy (non-hydrogen) atoms. The van der Waals surface area contributed by atoms with Gasteiger partial charge < -0.3 is 19.3 Å². The van der Waals surface area contributed by atoms with Gasteiger partial charge in [0.2, 0.25) is 5.91 Å². The Morgan fingerprint density at radius 1 is 1.14 bits per heavy atom. The first-order valence-corrected chi connectivity index (χ1v) is 9.67. The van der Waals surface area contributed by atoms with Crippen molar-refractivity contribution in [2.75, 3.05) is 32.8 Å². The van der Waals surface area contributed by atoms with E-state index in [0.29, 0.717) is 37.8 Å². The van der Waals surface area contributed by atoms with Crippen LogP contribution in [0.5, 0.6) is 5.75 Å². The van der Waals surface area contributed by atoms with Crippen LogP contribution in [-0.2, 0) is 9.53 Å². The Hall–Kier alpha value is -2.47. The lowest BCUT2D eigenvalue weighted by Crippen LogP contribution is -2.51. The zero-order valence-electron chi connectivity index (χ0n) is 16.4. The lowest BCUT2D eigenvalue weighted by atomic mass is 10.1. The van der Waals surface area contributed by atoms with Crippen LogP contribution < -0.4 is 4.74 Å². The van der Waals surface area contributed by atoms with Crippen LogP contribution in [0.2, 0.25) is 5.02 Å². The fourth-order valence-corrected chi connectivity index (χ4v) is 3.16. The SMILES string of the molecule is CC(C)(C)OC(=O)N1CCN(C(=O)/C=C/C2=Cc3cc(Cl)ccc3OC2)CC1. The Morgan fingerprint density at radius 3 is 2.50 bits per heavy atom. The molecule has 0 N–H and O–H groups in total. The van der Waals surface area contributed by atoms with Gasteiger partial charge in [-0.3, -0.25) is 4.79 Å². The predicted octanol–water partition coefficient (Wildman–Crippen LogP) is 3.75. The largest absolute Gasteiger partial charge is 0.488 e. The molecule has 2 heterocycles. The van der Waals surface area contributed by atoms with Crippen molar-refractivity contribution in [2.45, 2.75) is 26.4 Å². The lowest BCUT2D eigenvalue weighted by Gasteiger charge is -2.35. The maximum absolute atomic E-state index is 12.5. The molecule has 1 aromatic carbocycles. The van der Waals surface area contributed by atoms with Crippen molar-refractivity contribution in [1.82, 2.24) is 9.80 Å². The highest BCUT2D eigenvalue weighted by molar-refractivity contribution is 6.30. The van der Waals surface area contributed by atoms with Crippen LogP contribution in [0.15, 0.2) is 35.9 Å². The highest BCUT2D eigenvalue weighted by Crippen LogP contribution is 2.29. The molecular weight excluding hydrogens is 380 g/mol. The van der Waals surface area contributed by atoms with Crippen molar-refractivity contribution in [2.24, 2.45) is 0 Å². The zero-order chi connectivity index (χ0) is 20.3. The Kier molecular flexibility index (Phi) is 5.98. The van der Waals surface area contributed by atoms with Gasteiger partial charge in [0.1, 0.15) is 18.0 Å². The molecule has 2 aliphatic rings. The summed E-state index contributed by atoms with van der Waals surface area (Å²) in [6, 6.07) is 5.46. The molecule has 0 radical (unpaired) electrons. The second-order valence-corrected chi connectivity index (χ2v) is 8.25. The molecule has 7 heteroatoms. The van der Waals surface area contributed by atoms with Crippen molar-refractivity contribution in [3.05, 3.63) is 46.5 Å². The Morgan fingerprint density at radius 2 is 1.82 bits per heavy atom. The summed E-state index contributed by atoms with van der Waals surface area (Å²) in [4.78, 5) is 27.9. The fourth-order valence-electron chi connectivity index (χ4n) is 2.98. The first-order chi connectivity index (χ1) is 13.2. The summed E-state index contributed by atoms with van der Waals surface area (Å²) in [5.41, 5.74) is 1.28. The van der Waals surface area contributed by atoms with Gasteiger partial charge in [0.15, 0.2) is 0 Å². The number of amides is 2. The van der Waals surface area contributed by atoms with Gasteiger partial charge in [0.25, 0.3) is 0 Å². The van der Waals surface area contributed by atoms with Crippen LogP contribution in [-0.4, -0.2) is 60.2 Å². The van der Waals surface area contributed by atoms with Crippen LogP contribution in [0, 0.1) is 0 Å². The molecule has 0 atom stereocenters. The van der Waals surface area contributed by atoms with Gasteiger partial charge in [-0.15, -0.1) is 0 Å². The minimum absolute atomic E-state index is 0.0818. The molecular formula is C21H25ClN2O4. The van der Waals surface area contributed by atoms with Crippen LogP contribution in [0.4, 0.5) is 4.79 Å². The number of halogens is 1. The van der Waals surface area contributed by atoms with Gasteiger partial charge in [-0.05, 0) is 50.6 Å². The molecule has 2 amide bonds. The predicted molar refractivity (Wildman–Crippen MR) is 108 cm³/mol. The lowest BCUT2D eigenvalue weighted by molar-refractivity contribution is -0.127. The normalized spacial score (nSPS) is 17.1. The maximum atomic E-state index is 12.5. The monoisotopic (exact) mass is 404 g/mol. The molecule has 0 unspecified atom stereocenters. The van der Waals surface area contributed by atoms with E-state index >= 15 is 0 Å². The average Bonchev–Trinajstić information content (AvgIpc) is 2.64. The van der Waals surface area contributed by atoms with E-state index in [1.165, 1.54) is 0 Å². The number of piperazine rings is 1. The minimum Gasteiger partial charge on any atom is -0.488 e. The molecule has 0 bridgehead atoms. The number of hydrogen-bond acceptors (Lipinski definition) is 4. The van der Waals surface area contributed by atoms with E-state index in [-0.39, 0.29) is 12.0 Å². The zero-order valence-corrected chi connectivity index (χ0v) is 17.2. The number of rotatable bonds is 2. The minimum atomic E-state index is -0.522. The van der Waals surface area contributed by atoms with E-state index < -0.39 is 5.60 Å². The van der Waals surface area contributed by atoms with E-state index in [1.54, 1.807) is 28.0 Å². The number of carbonyl (C=O) groups excluding carboxylic acids is 2. The van der Waals surface area contributed by atoms with Crippen molar-refractivity contribution in [3.8, 4) is 5.75 Å². The molecule has 2 aliphatic heterocycles. The van der Waals surface area contributed by atoms with E-state index in [2.05, 4.69) is 0 Å². The molecule has 0 saturated carbocycles. The number of benzene rings is 1. The summed E-state index contributed by atoms with van der Waals surface area (Å²) in [5.74, 6) is 0.702. The summed E-state index contributed by atoms with van der Waals surface area (Å²) in [6.45, 7) is 7.82. The first kappa shape index (κ1) is 20.3. The summed E-state index contributed by atoms with van der Waals surface area (Å²) in [6.07, 6.45) is 4.95. The van der Waals surface area contributed by atoms with E-state index in [0.717, 1.165) is 16.9 Å². The maximum Gasteiger partial charge on any atom is 0.410 e. The summed E-state index contributed by atoms with van der Waals surface area (Å²) >= 11 is 6.02. The van der Waals surface area contributed by atoms with Crippen LogP contribution in [0.25, 0.3) is 6.08 Å². The number of fused-ring (bicyclic) bond motifs is 1. The van der Waals surface area contributed by atoms with Crippen molar-refractivity contribution in [1.29, 1.82) is 0 Å². The smallest absolute Gasteiger partial charge is 0.410 e. The van der Waals surface area contributed by atoms with Crippen LogP contribution in [0.1, 0.15) is 26.3 Å². The topological polar surface area (TPSA) is 59.1 Å². The Balaban J connectivity index is 1.54.